The van der Waals surface area contributed by atoms with E-state index >= 15 is 0 Å². The first-order valence-electron chi connectivity index (χ1n) is 7.44. The van der Waals surface area contributed by atoms with Crippen LogP contribution in [-0.2, 0) is 15.4 Å². The van der Waals surface area contributed by atoms with E-state index in [-0.39, 0.29) is 11.2 Å². The van der Waals surface area contributed by atoms with E-state index in [1.54, 1.807) is 0 Å². The van der Waals surface area contributed by atoms with Crippen molar-refractivity contribution in [2.75, 3.05) is 4.72 Å². The average Bonchev–Trinajstić information content (AvgIpc) is 2.39. The molecule has 0 aliphatic rings. The Hall–Kier alpha value is -2.01. The van der Waals surface area contributed by atoms with Crippen molar-refractivity contribution in [1.29, 1.82) is 0 Å². The SMILES string of the molecule is Cc1cc(C(C)(C)C)cc(C)c1S(=O)(=O)Nc1ccc(O)cc1. The summed E-state index contributed by atoms with van der Waals surface area (Å²) in [7, 11) is -3.68. The summed E-state index contributed by atoms with van der Waals surface area (Å²) in [5, 5.41) is 9.29. The molecule has 2 rings (SSSR count). The molecule has 0 fully saturated rings. The number of benzene rings is 2. The molecule has 2 N–H and O–H groups in total. The van der Waals surface area contributed by atoms with Gasteiger partial charge in [0.25, 0.3) is 10.0 Å². The van der Waals surface area contributed by atoms with Crippen LogP contribution in [0.5, 0.6) is 5.75 Å². The maximum Gasteiger partial charge on any atom is 0.262 e. The molecule has 0 radical (unpaired) electrons. The summed E-state index contributed by atoms with van der Waals surface area (Å²) in [5.74, 6) is 0.0924. The molecule has 124 valence electrons. The number of hydrogen-bond acceptors (Lipinski definition) is 3. The van der Waals surface area contributed by atoms with E-state index in [9.17, 15) is 13.5 Å². The molecule has 0 aliphatic heterocycles. The van der Waals surface area contributed by atoms with Crippen molar-refractivity contribution >= 4 is 15.7 Å². The zero-order chi connectivity index (χ0) is 17.4. The van der Waals surface area contributed by atoms with Crippen molar-refractivity contribution in [3.63, 3.8) is 0 Å². The second kappa shape index (κ2) is 5.89. The molecule has 2 aromatic rings. The Labute approximate surface area is 138 Å². The van der Waals surface area contributed by atoms with Crippen molar-refractivity contribution in [2.45, 2.75) is 44.9 Å². The molecule has 2 aromatic carbocycles. The standard InChI is InChI=1S/C18H23NO3S/c1-12-10-14(18(3,4)5)11-13(2)17(12)23(21,22)19-15-6-8-16(20)9-7-15/h6-11,19-20H,1-5H3. The third-order valence-electron chi connectivity index (χ3n) is 3.71. The number of aryl methyl sites for hydroxylation is 2. The highest BCUT2D eigenvalue weighted by Crippen LogP contribution is 2.30. The number of anilines is 1. The number of hydrogen-bond donors (Lipinski definition) is 2. The van der Waals surface area contributed by atoms with E-state index in [1.165, 1.54) is 24.3 Å². The first-order valence-corrected chi connectivity index (χ1v) is 8.92. The van der Waals surface area contributed by atoms with Gasteiger partial charge in [0, 0.05) is 5.69 Å². The Kier molecular flexibility index (Phi) is 4.44. The van der Waals surface area contributed by atoms with Gasteiger partial charge in [0.1, 0.15) is 5.75 Å². The number of nitrogens with one attached hydrogen (secondary N) is 1. The van der Waals surface area contributed by atoms with Crippen molar-refractivity contribution < 1.29 is 13.5 Å². The van der Waals surface area contributed by atoms with Gasteiger partial charge in [-0.25, -0.2) is 8.42 Å². The molecule has 4 nitrogen and oxygen atoms in total. The molecule has 0 amide bonds. The smallest absolute Gasteiger partial charge is 0.262 e. The molecule has 0 atom stereocenters. The van der Waals surface area contributed by atoms with E-state index < -0.39 is 10.0 Å². The van der Waals surface area contributed by atoms with Gasteiger partial charge in [-0.3, -0.25) is 4.72 Å². The van der Waals surface area contributed by atoms with Gasteiger partial charge in [0.15, 0.2) is 0 Å². The number of phenolic OH excluding ortho intramolecular Hbond substituents is 1. The lowest BCUT2D eigenvalue weighted by Gasteiger charge is -2.22. The molecule has 23 heavy (non-hydrogen) atoms. The van der Waals surface area contributed by atoms with Crippen molar-refractivity contribution in [2.24, 2.45) is 0 Å². The summed E-state index contributed by atoms with van der Waals surface area (Å²) in [6.45, 7) is 9.93. The Balaban J connectivity index is 2.46. The highest BCUT2D eigenvalue weighted by molar-refractivity contribution is 7.92. The zero-order valence-electron chi connectivity index (χ0n) is 14.1. The average molecular weight is 333 g/mol. The fourth-order valence-corrected chi connectivity index (χ4v) is 4.06. The highest BCUT2D eigenvalue weighted by Gasteiger charge is 2.23. The third kappa shape index (κ3) is 3.85. The molecule has 0 aliphatic carbocycles. The Morgan fingerprint density at radius 3 is 1.87 bits per heavy atom. The van der Waals surface area contributed by atoms with Gasteiger partial charge in [-0.1, -0.05) is 32.9 Å². The summed E-state index contributed by atoms with van der Waals surface area (Å²) < 4.78 is 28.0. The number of phenols is 1. The van der Waals surface area contributed by atoms with E-state index in [4.69, 9.17) is 0 Å². The fourth-order valence-electron chi connectivity index (χ4n) is 2.54. The maximum absolute atomic E-state index is 12.7. The summed E-state index contributed by atoms with van der Waals surface area (Å²) in [6, 6.07) is 9.81. The van der Waals surface area contributed by atoms with Gasteiger partial charge < -0.3 is 5.11 Å². The van der Waals surface area contributed by atoms with Crippen LogP contribution in [0.25, 0.3) is 0 Å². The predicted octanol–water partition coefficient (Wildman–Crippen LogP) is 4.11. The molecular weight excluding hydrogens is 310 g/mol. The van der Waals surface area contributed by atoms with Gasteiger partial charge in [-0.15, -0.1) is 0 Å². The van der Waals surface area contributed by atoms with Crippen LogP contribution in [0, 0.1) is 13.8 Å². The Morgan fingerprint density at radius 1 is 0.957 bits per heavy atom. The van der Waals surface area contributed by atoms with Crippen LogP contribution in [0.4, 0.5) is 5.69 Å². The zero-order valence-corrected chi connectivity index (χ0v) is 15.0. The first kappa shape index (κ1) is 17.3. The second-order valence-corrected chi connectivity index (χ2v) is 8.46. The van der Waals surface area contributed by atoms with Gasteiger partial charge in [-0.2, -0.15) is 0 Å². The maximum atomic E-state index is 12.7. The number of aromatic hydroxyl groups is 1. The molecule has 5 heteroatoms. The van der Waals surface area contributed by atoms with Crippen molar-refractivity contribution in [1.82, 2.24) is 0 Å². The van der Waals surface area contributed by atoms with Crippen LogP contribution in [0.15, 0.2) is 41.3 Å². The quantitative estimate of drug-likeness (QED) is 0.831. The number of rotatable bonds is 3. The van der Waals surface area contributed by atoms with Crippen LogP contribution < -0.4 is 4.72 Å². The summed E-state index contributed by atoms with van der Waals surface area (Å²) in [4.78, 5) is 0.304. The summed E-state index contributed by atoms with van der Waals surface area (Å²) in [5.41, 5.74) is 2.93. The van der Waals surface area contributed by atoms with Crippen LogP contribution in [0.2, 0.25) is 0 Å². The molecule has 0 bridgehead atoms. The van der Waals surface area contributed by atoms with E-state index in [1.807, 2.05) is 26.0 Å². The Bertz CT molecular complexity index is 793. The summed E-state index contributed by atoms with van der Waals surface area (Å²) in [6.07, 6.45) is 0. The summed E-state index contributed by atoms with van der Waals surface area (Å²) >= 11 is 0. The van der Waals surface area contributed by atoms with Crippen LogP contribution in [-0.4, -0.2) is 13.5 Å². The second-order valence-electron chi connectivity index (χ2n) is 6.84. The molecule has 0 heterocycles. The highest BCUT2D eigenvalue weighted by atomic mass is 32.2. The van der Waals surface area contributed by atoms with Crippen molar-refractivity contribution in [3.8, 4) is 5.75 Å². The van der Waals surface area contributed by atoms with Crippen LogP contribution >= 0.6 is 0 Å². The van der Waals surface area contributed by atoms with Crippen LogP contribution in [0.3, 0.4) is 0 Å². The molecule has 0 saturated carbocycles. The molecule has 0 spiro atoms. The molecular formula is C18H23NO3S. The third-order valence-corrected chi connectivity index (χ3v) is 5.40. The van der Waals surface area contributed by atoms with Gasteiger partial charge >= 0.3 is 0 Å². The van der Waals surface area contributed by atoms with Gasteiger partial charge in [0.05, 0.1) is 4.90 Å². The first-order chi connectivity index (χ1) is 10.5. The van der Waals surface area contributed by atoms with Gasteiger partial charge in [-0.05, 0) is 60.2 Å². The van der Waals surface area contributed by atoms with Gasteiger partial charge in [0.2, 0.25) is 0 Å². The Morgan fingerprint density at radius 2 is 1.43 bits per heavy atom. The minimum absolute atomic E-state index is 0.0395. The lowest BCUT2D eigenvalue weighted by atomic mass is 9.85. The topological polar surface area (TPSA) is 66.4 Å². The van der Waals surface area contributed by atoms with E-state index in [0.717, 1.165) is 16.7 Å². The lowest BCUT2D eigenvalue weighted by Crippen LogP contribution is -2.18. The molecule has 0 unspecified atom stereocenters. The van der Waals surface area contributed by atoms with Crippen molar-refractivity contribution in [3.05, 3.63) is 53.1 Å². The minimum Gasteiger partial charge on any atom is -0.508 e. The lowest BCUT2D eigenvalue weighted by molar-refractivity contribution is 0.475. The predicted molar refractivity (Wildman–Crippen MR) is 93.5 cm³/mol. The largest absolute Gasteiger partial charge is 0.508 e. The minimum atomic E-state index is -3.68. The van der Waals surface area contributed by atoms with E-state index in [2.05, 4.69) is 25.5 Å². The fraction of sp³-hybridized carbons (Fsp3) is 0.333. The molecule has 0 saturated heterocycles. The van der Waals surface area contributed by atoms with Crippen LogP contribution in [0.1, 0.15) is 37.5 Å². The normalized spacial score (nSPS) is 12.2. The number of sulfonamides is 1. The molecule has 0 aromatic heterocycles. The monoisotopic (exact) mass is 333 g/mol. The van der Waals surface area contributed by atoms with E-state index in [0.29, 0.717) is 10.6 Å².